The van der Waals surface area contributed by atoms with Crippen molar-refractivity contribution in [1.82, 2.24) is 0 Å². The summed E-state index contributed by atoms with van der Waals surface area (Å²) in [4.78, 5) is 1.42. The highest BCUT2D eigenvalue weighted by Crippen LogP contribution is 2.41. The molecule has 0 unspecified atom stereocenters. The molecule has 0 aliphatic heterocycles. The van der Waals surface area contributed by atoms with Crippen LogP contribution in [0.1, 0.15) is 11.0 Å². The van der Waals surface area contributed by atoms with E-state index in [1.165, 1.54) is 4.90 Å². The summed E-state index contributed by atoms with van der Waals surface area (Å²) in [6.45, 7) is 0. The first kappa shape index (κ1) is 18.0. The van der Waals surface area contributed by atoms with Gasteiger partial charge in [0.15, 0.2) is 0 Å². The van der Waals surface area contributed by atoms with Gasteiger partial charge in [0.25, 0.3) is 0 Å². The van der Waals surface area contributed by atoms with Crippen molar-refractivity contribution < 1.29 is 11.0 Å². The number of hydrogen-bond donors (Lipinski definition) is 0. The monoisotopic (exact) mass is 555 g/mol. The van der Waals surface area contributed by atoms with Gasteiger partial charge < -0.3 is 4.90 Å². The first-order chi connectivity index (χ1) is 24.7. The molecule has 8 aromatic rings. The molecule has 0 N–H and O–H groups in total. The van der Waals surface area contributed by atoms with Crippen molar-refractivity contribution in [1.29, 1.82) is 0 Å². The van der Waals surface area contributed by atoms with E-state index in [1.807, 2.05) is 103 Å². The second kappa shape index (κ2) is 10.6. The van der Waals surface area contributed by atoms with Crippen molar-refractivity contribution in [2.75, 3.05) is 4.90 Å². The molecule has 202 valence electrons. The molecule has 0 heterocycles. The van der Waals surface area contributed by atoms with Gasteiger partial charge in [0, 0.05) is 16.8 Å². The third kappa shape index (κ3) is 4.52. The third-order valence-electron chi connectivity index (χ3n) is 7.80. The molecule has 0 aliphatic rings. The van der Waals surface area contributed by atoms with Gasteiger partial charge in [0.2, 0.25) is 0 Å². The van der Waals surface area contributed by atoms with Crippen LogP contribution in [-0.2, 0) is 0 Å². The molecule has 0 radical (unpaired) electrons. The van der Waals surface area contributed by atoms with Crippen LogP contribution in [0.5, 0.6) is 0 Å². The lowest BCUT2D eigenvalue weighted by Crippen LogP contribution is -2.10. The lowest BCUT2D eigenvalue weighted by Gasteiger charge is -2.27. The van der Waals surface area contributed by atoms with Gasteiger partial charge in [-0.3, -0.25) is 0 Å². The molecule has 0 bridgehead atoms. The molecule has 0 aromatic heterocycles. The van der Waals surface area contributed by atoms with Gasteiger partial charge in [-0.1, -0.05) is 145 Å². The molecule has 0 amide bonds. The van der Waals surface area contributed by atoms with Crippen LogP contribution in [0.4, 0.5) is 17.1 Å². The van der Waals surface area contributed by atoms with Crippen molar-refractivity contribution >= 4 is 49.4 Å². The Balaban J connectivity index is 1.49. The number of hydrogen-bond acceptors (Lipinski definition) is 1. The molecule has 0 spiro atoms. The summed E-state index contributed by atoms with van der Waals surface area (Å²) < 4.78 is 74.7. The number of benzene rings is 8. The Morgan fingerprint density at radius 1 is 0.395 bits per heavy atom. The van der Waals surface area contributed by atoms with Crippen LogP contribution < -0.4 is 4.90 Å². The van der Waals surface area contributed by atoms with Crippen molar-refractivity contribution in [2.45, 2.75) is 0 Å². The second-order valence-corrected chi connectivity index (χ2v) is 10.3. The Bertz CT molecular complexity index is 2660. The van der Waals surface area contributed by atoms with Crippen LogP contribution in [0, 0.1) is 0 Å². The lowest BCUT2D eigenvalue weighted by molar-refractivity contribution is 1.30. The molecular formula is C42H29N. The Labute approximate surface area is 263 Å². The van der Waals surface area contributed by atoms with E-state index in [-0.39, 0.29) is 58.8 Å². The SMILES string of the molecule is [2H]c1c([2H])c(-c2cccc3ccccc23)c([2H])c(N(c2c([2H])c([2H])c(-c3cccc4ccccc34)c([2H])c2[2H])c2cccc3ccccc23)c1[2H]. The van der Waals surface area contributed by atoms with Gasteiger partial charge in [0.05, 0.1) is 16.7 Å². The topological polar surface area (TPSA) is 3.24 Å². The Hall–Kier alpha value is -5.66. The number of fused-ring (bicyclic) bond motifs is 3. The Kier molecular flexibility index (Phi) is 4.45. The quantitative estimate of drug-likeness (QED) is 0.204. The van der Waals surface area contributed by atoms with Gasteiger partial charge in [-0.2, -0.15) is 0 Å². The minimum atomic E-state index is -0.433. The summed E-state index contributed by atoms with van der Waals surface area (Å²) in [7, 11) is 0. The maximum atomic E-state index is 9.71. The smallest absolute Gasteiger partial charge is 0.0651 e. The maximum absolute atomic E-state index is 9.71. The predicted octanol–water partition coefficient (Wildman–Crippen LogP) is 11.9. The summed E-state index contributed by atoms with van der Waals surface area (Å²) in [6.07, 6.45) is 0. The zero-order chi connectivity index (χ0) is 35.6. The fourth-order valence-electron chi connectivity index (χ4n) is 5.78. The van der Waals surface area contributed by atoms with E-state index in [9.17, 15) is 8.22 Å². The molecule has 1 heteroatoms. The van der Waals surface area contributed by atoms with Crippen LogP contribution in [0.15, 0.2) is 176 Å². The van der Waals surface area contributed by atoms with Crippen LogP contribution in [-0.4, -0.2) is 0 Å². The lowest BCUT2D eigenvalue weighted by atomic mass is 9.97. The van der Waals surface area contributed by atoms with Gasteiger partial charge in [-0.25, -0.2) is 0 Å². The summed E-state index contributed by atoms with van der Waals surface area (Å²) in [5, 5.41) is 4.83. The van der Waals surface area contributed by atoms with E-state index in [2.05, 4.69) is 0 Å². The maximum Gasteiger partial charge on any atom is 0.0651 e. The summed E-state index contributed by atoms with van der Waals surface area (Å²) in [6, 6.07) is 36.5. The van der Waals surface area contributed by atoms with Crippen LogP contribution >= 0.6 is 0 Å². The largest absolute Gasteiger partial charge is 0.310 e. The fourth-order valence-corrected chi connectivity index (χ4v) is 5.78. The molecule has 8 aromatic carbocycles. The number of anilines is 3. The van der Waals surface area contributed by atoms with E-state index in [0.29, 0.717) is 22.2 Å². The average molecular weight is 556 g/mol. The number of nitrogens with zero attached hydrogens (tertiary/aromatic N) is 1. The normalized spacial score (nSPS) is 13.9. The Morgan fingerprint density at radius 3 is 1.56 bits per heavy atom. The molecule has 0 aliphatic carbocycles. The predicted molar refractivity (Wildman–Crippen MR) is 185 cm³/mol. The van der Waals surface area contributed by atoms with Crippen LogP contribution in [0.25, 0.3) is 54.6 Å². The highest BCUT2D eigenvalue weighted by atomic mass is 15.1. The molecular weight excluding hydrogens is 518 g/mol. The average Bonchev–Trinajstić information content (AvgIpc) is 3.16. The van der Waals surface area contributed by atoms with E-state index in [4.69, 9.17) is 2.74 Å². The van der Waals surface area contributed by atoms with Gasteiger partial charge in [-0.05, 0) is 79.4 Å². The summed E-state index contributed by atoms with van der Waals surface area (Å²) in [5.41, 5.74) is 1.51. The van der Waals surface area contributed by atoms with Gasteiger partial charge >= 0.3 is 0 Å². The zero-order valence-electron chi connectivity index (χ0n) is 31.1. The highest BCUT2D eigenvalue weighted by molar-refractivity contribution is 6.01. The van der Waals surface area contributed by atoms with Crippen LogP contribution in [0.3, 0.4) is 0 Å². The van der Waals surface area contributed by atoms with Crippen molar-refractivity contribution in [3.63, 3.8) is 0 Å². The highest BCUT2D eigenvalue weighted by Gasteiger charge is 2.17. The summed E-state index contributed by atoms with van der Waals surface area (Å²) >= 11 is 0. The van der Waals surface area contributed by atoms with E-state index in [0.717, 1.165) is 26.9 Å². The van der Waals surface area contributed by atoms with Crippen molar-refractivity contribution in [2.24, 2.45) is 0 Å². The minimum absolute atomic E-state index is 0.117. The van der Waals surface area contributed by atoms with Crippen molar-refractivity contribution in [3.05, 3.63) is 176 Å². The first-order valence-corrected chi connectivity index (χ1v) is 14.1. The van der Waals surface area contributed by atoms with Crippen LogP contribution in [0.2, 0.25) is 0 Å². The van der Waals surface area contributed by atoms with Gasteiger partial charge in [0.1, 0.15) is 0 Å². The number of rotatable bonds is 5. The molecule has 43 heavy (non-hydrogen) atoms. The third-order valence-corrected chi connectivity index (χ3v) is 7.80. The van der Waals surface area contributed by atoms with Gasteiger partial charge in [-0.15, -0.1) is 0 Å². The molecule has 0 fully saturated rings. The molecule has 0 saturated heterocycles. The molecule has 0 saturated carbocycles. The van der Waals surface area contributed by atoms with E-state index < -0.39 is 12.1 Å². The van der Waals surface area contributed by atoms with E-state index in [1.54, 1.807) is 24.3 Å². The molecule has 8 rings (SSSR count). The fraction of sp³-hybridized carbons (Fsp3) is 0. The van der Waals surface area contributed by atoms with Crippen molar-refractivity contribution in [3.8, 4) is 22.3 Å². The standard InChI is InChI=1S/C42H29N/c1-4-19-37-30(11-1)14-8-22-39(37)33-25-27-35(28-26-33)43(42-24-10-16-32-13-3-6-21-41(32)42)36-18-7-17-34(29-36)40-23-9-15-31-12-2-5-20-38(31)40/h1-29H/i7D,17D,18D,25D,26D,27D,28D,29D. The van der Waals surface area contributed by atoms with E-state index >= 15 is 0 Å². The second-order valence-electron chi connectivity index (χ2n) is 10.3. The summed E-state index contributed by atoms with van der Waals surface area (Å²) in [5.74, 6) is 0. The molecule has 1 nitrogen and oxygen atoms in total. The molecule has 0 atom stereocenters. The first-order valence-electron chi connectivity index (χ1n) is 18.1. The Morgan fingerprint density at radius 2 is 0.907 bits per heavy atom. The zero-order valence-corrected chi connectivity index (χ0v) is 23.1. The minimum Gasteiger partial charge on any atom is -0.310 e.